The van der Waals surface area contributed by atoms with Gasteiger partial charge in [0.05, 0.1) is 12.6 Å². The first-order valence-corrected chi connectivity index (χ1v) is 6.83. The van der Waals surface area contributed by atoms with Crippen molar-refractivity contribution >= 4 is 5.91 Å². The van der Waals surface area contributed by atoms with E-state index < -0.39 is 0 Å². The fraction of sp³-hybridized carbons (Fsp3) is 0.923. The van der Waals surface area contributed by atoms with Gasteiger partial charge in [-0.1, -0.05) is 0 Å². The number of likely N-dealkylation sites (tertiary alicyclic amines) is 1. The number of carbonyl (C=O) groups excluding carboxylic acids is 1. The first kappa shape index (κ1) is 12.8. The molecule has 4 heteroatoms. The van der Waals surface area contributed by atoms with E-state index in [9.17, 15) is 9.90 Å². The average Bonchev–Trinajstić information content (AvgIpc) is 2.83. The monoisotopic (exact) mass is 240 g/mol. The van der Waals surface area contributed by atoms with E-state index in [1.165, 1.54) is 0 Å². The smallest absolute Gasteiger partial charge is 0.236 e. The second-order valence-electron chi connectivity index (χ2n) is 5.47. The SMILES string of the molecule is CN(CC(=O)N1CCCC1)C1CCC(O)CC1. The molecule has 0 aromatic carbocycles. The fourth-order valence-corrected chi connectivity index (χ4v) is 2.91. The van der Waals surface area contributed by atoms with E-state index in [4.69, 9.17) is 0 Å². The van der Waals surface area contributed by atoms with Gasteiger partial charge in [-0.15, -0.1) is 0 Å². The first-order valence-electron chi connectivity index (χ1n) is 6.83. The highest BCUT2D eigenvalue weighted by Gasteiger charge is 2.25. The standard InChI is InChI=1S/C13H24N2O2/c1-14(11-4-6-12(16)7-5-11)10-13(17)15-8-2-3-9-15/h11-12,16H,2-10H2,1H3. The number of amides is 1. The highest BCUT2D eigenvalue weighted by atomic mass is 16.3. The van der Waals surface area contributed by atoms with E-state index in [1.54, 1.807) is 0 Å². The van der Waals surface area contributed by atoms with Gasteiger partial charge in [0.15, 0.2) is 0 Å². The second-order valence-corrected chi connectivity index (χ2v) is 5.47. The molecule has 98 valence electrons. The van der Waals surface area contributed by atoms with Gasteiger partial charge < -0.3 is 10.0 Å². The van der Waals surface area contributed by atoms with E-state index in [0.29, 0.717) is 12.6 Å². The molecule has 17 heavy (non-hydrogen) atoms. The van der Waals surface area contributed by atoms with Crippen molar-refractivity contribution in [1.82, 2.24) is 9.80 Å². The van der Waals surface area contributed by atoms with Crippen LogP contribution in [0, 0.1) is 0 Å². The predicted octanol–water partition coefficient (Wildman–Crippen LogP) is 0.844. The molecule has 2 aliphatic rings. The van der Waals surface area contributed by atoms with Gasteiger partial charge >= 0.3 is 0 Å². The molecule has 2 fully saturated rings. The second kappa shape index (κ2) is 5.83. The zero-order valence-electron chi connectivity index (χ0n) is 10.8. The molecule has 1 amide bonds. The Labute approximate surface area is 104 Å². The first-order chi connectivity index (χ1) is 8.16. The minimum Gasteiger partial charge on any atom is -0.393 e. The molecule has 1 saturated heterocycles. The maximum Gasteiger partial charge on any atom is 0.236 e. The number of likely N-dealkylation sites (N-methyl/N-ethyl adjacent to an activating group) is 1. The minimum absolute atomic E-state index is 0.117. The lowest BCUT2D eigenvalue weighted by atomic mass is 9.92. The Balaban J connectivity index is 1.76. The summed E-state index contributed by atoms with van der Waals surface area (Å²) in [5.41, 5.74) is 0. The van der Waals surface area contributed by atoms with Crippen LogP contribution in [0.3, 0.4) is 0 Å². The number of rotatable bonds is 3. The summed E-state index contributed by atoms with van der Waals surface area (Å²) in [7, 11) is 2.04. The summed E-state index contributed by atoms with van der Waals surface area (Å²) in [6.45, 7) is 2.42. The summed E-state index contributed by atoms with van der Waals surface area (Å²) in [6.07, 6.45) is 6.00. The van der Waals surface area contributed by atoms with Crippen molar-refractivity contribution in [1.29, 1.82) is 0 Å². The van der Waals surface area contributed by atoms with Gasteiger partial charge in [-0.05, 0) is 45.6 Å². The fourth-order valence-electron chi connectivity index (χ4n) is 2.91. The predicted molar refractivity (Wildman–Crippen MR) is 66.7 cm³/mol. The van der Waals surface area contributed by atoms with Crippen LogP contribution in [0.2, 0.25) is 0 Å². The Kier molecular flexibility index (Phi) is 4.40. The maximum atomic E-state index is 12.0. The molecule has 1 aliphatic heterocycles. The van der Waals surface area contributed by atoms with Crippen LogP contribution in [0.1, 0.15) is 38.5 Å². The van der Waals surface area contributed by atoms with Gasteiger partial charge in [0.1, 0.15) is 0 Å². The topological polar surface area (TPSA) is 43.8 Å². The van der Waals surface area contributed by atoms with E-state index in [2.05, 4.69) is 4.90 Å². The van der Waals surface area contributed by atoms with Crippen LogP contribution in [0.5, 0.6) is 0 Å². The van der Waals surface area contributed by atoms with Crippen molar-refractivity contribution in [3.05, 3.63) is 0 Å². The van der Waals surface area contributed by atoms with Gasteiger partial charge in [-0.3, -0.25) is 9.69 Å². The lowest BCUT2D eigenvalue weighted by molar-refractivity contribution is -0.131. The molecular formula is C13H24N2O2. The molecule has 2 rings (SSSR count). The molecular weight excluding hydrogens is 216 g/mol. The Morgan fingerprint density at radius 3 is 2.41 bits per heavy atom. The van der Waals surface area contributed by atoms with Crippen molar-refractivity contribution in [2.75, 3.05) is 26.7 Å². The van der Waals surface area contributed by atoms with Gasteiger partial charge in [-0.25, -0.2) is 0 Å². The van der Waals surface area contributed by atoms with Crippen LogP contribution < -0.4 is 0 Å². The van der Waals surface area contributed by atoms with Crippen molar-refractivity contribution in [2.24, 2.45) is 0 Å². The molecule has 0 aromatic heterocycles. The quantitative estimate of drug-likeness (QED) is 0.795. The molecule has 1 aliphatic carbocycles. The Morgan fingerprint density at radius 1 is 1.24 bits per heavy atom. The molecule has 0 unspecified atom stereocenters. The van der Waals surface area contributed by atoms with Crippen LogP contribution in [-0.2, 0) is 4.79 Å². The van der Waals surface area contributed by atoms with E-state index in [0.717, 1.165) is 51.6 Å². The number of nitrogens with zero attached hydrogens (tertiary/aromatic N) is 2. The van der Waals surface area contributed by atoms with Crippen LogP contribution in [0.25, 0.3) is 0 Å². The highest BCUT2D eigenvalue weighted by Crippen LogP contribution is 2.22. The Morgan fingerprint density at radius 2 is 1.82 bits per heavy atom. The summed E-state index contributed by atoms with van der Waals surface area (Å²) >= 11 is 0. The van der Waals surface area contributed by atoms with E-state index >= 15 is 0 Å². The van der Waals surface area contributed by atoms with Crippen LogP contribution in [0.4, 0.5) is 0 Å². The van der Waals surface area contributed by atoms with Crippen LogP contribution >= 0.6 is 0 Å². The number of hydrogen-bond acceptors (Lipinski definition) is 3. The lowest BCUT2D eigenvalue weighted by Crippen LogP contribution is -2.43. The maximum absolute atomic E-state index is 12.0. The number of aliphatic hydroxyl groups excluding tert-OH is 1. The van der Waals surface area contributed by atoms with Crippen molar-refractivity contribution in [2.45, 2.75) is 50.7 Å². The van der Waals surface area contributed by atoms with Gasteiger partial charge in [0.2, 0.25) is 5.91 Å². The highest BCUT2D eigenvalue weighted by molar-refractivity contribution is 5.78. The van der Waals surface area contributed by atoms with E-state index in [1.807, 2.05) is 11.9 Å². The Bertz CT molecular complexity index is 256. The van der Waals surface area contributed by atoms with Crippen molar-refractivity contribution in [3.63, 3.8) is 0 Å². The summed E-state index contributed by atoms with van der Waals surface area (Å²) in [5, 5.41) is 9.47. The lowest BCUT2D eigenvalue weighted by Gasteiger charge is -2.33. The molecule has 1 heterocycles. The third-order valence-electron chi connectivity index (χ3n) is 4.13. The molecule has 0 spiro atoms. The number of aliphatic hydroxyl groups is 1. The minimum atomic E-state index is -0.117. The van der Waals surface area contributed by atoms with Gasteiger partial charge in [-0.2, -0.15) is 0 Å². The summed E-state index contributed by atoms with van der Waals surface area (Å²) in [5.74, 6) is 0.274. The van der Waals surface area contributed by atoms with E-state index in [-0.39, 0.29) is 12.0 Å². The summed E-state index contributed by atoms with van der Waals surface area (Å²) in [4.78, 5) is 16.2. The summed E-state index contributed by atoms with van der Waals surface area (Å²) in [6, 6.07) is 0.477. The molecule has 1 saturated carbocycles. The van der Waals surface area contributed by atoms with Gasteiger partial charge in [0, 0.05) is 19.1 Å². The normalized spacial score (nSPS) is 29.9. The number of hydrogen-bond donors (Lipinski definition) is 1. The van der Waals surface area contributed by atoms with Crippen LogP contribution in [-0.4, -0.2) is 59.6 Å². The average molecular weight is 240 g/mol. The molecule has 1 N–H and O–H groups in total. The van der Waals surface area contributed by atoms with Crippen molar-refractivity contribution in [3.8, 4) is 0 Å². The molecule has 4 nitrogen and oxygen atoms in total. The zero-order valence-corrected chi connectivity index (χ0v) is 10.8. The largest absolute Gasteiger partial charge is 0.393 e. The van der Waals surface area contributed by atoms with Crippen LogP contribution in [0.15, 0.2) is 0 Å². The number of carbonyl (C=O) groups is 1. The molecule has 0 aromatic rings. The van der Waals surface area contributed by atoms with Gasteiger partial charge in [0.25, 0.3) is 0 Å². The van der Waals surface area contributed by atoms with Crippen molar-refractivity contribution < 1.29 is 9.90 Å². The molecule has 0 atom stereocenters. The Hall–Kier alpha value is -0.610. The molecule has 0 radical (unpaired) electrons. The third-order valence-corrected chi connectivity index (χ3v) is 4.13. The summed E-state index contributed by atoms with van der Waals surface area (Å²) < 4.78 is 0. The zero-order chi connectivity index (χ0) is 12.3. The third kappa shape index (κ3) is 3.42. The molecule has 0 bridgehead atoms.